The third-order valence-corrected chi connectivity index (χ3v) is 5.15. The molecule has 2 nitrogen and oxygen atoms in total. The van der Waals surface area contributed by atoms with Gasteiger partial charge in [0.2, 0.25) is 0 Å². The van der Waals surface area contributed by atoms with E-state index >= 15 is 0 Å². The van der Waals surface area contributed by atoms with Gasteiger partial charge in [0, 0.05) is 11.8 Å². The van der Waals surface area contributed by atoms with Gasteiger partial charge in [0.1, 0.15) is 5.75 Å². The smallest absolute Gasteiger partial charge is 0.118 e. The van der Waals surface area contributed by atoms with Gasteiger partial charge in [-0.1, -0.05) is 42.5 Å². The summed E-state index contributed by atoms with van der Waals surface area (Å²) in [7, 11) is 1.70. The topological polar surface area (TPSA) is 18.5 Å². The maximum absolute atomic E-state index is 6.25. The summed E-state index contributed by atoms with van der Waals surface area (Å²) in [6, 6.07) is 17.0. The van der Waals surface area contributed by atoms with Gasteiger partial charge < -0.3 is 9.47 Å². The molecule has 4 atom stereocenters. The quantitative estimate of drug-likeness (QED) is 0.820. The first-order chi connectivity index (χ1) is 10.4. The first-order valence-corrected chi connectivity index (χ1v) is 7.47. The summed E-state index contributed by atoms with van der Waals surface area (Å²) in [6.45, 7) is 0. The van der Waals surface area contributed by atoms with Crippen LogP contribution in [0.1, 0.15) is 28.9 Å². The predicted octanol–water partition coefficient (Wildman–Crippen LogP) is 4.15. The Morgan fingerprint density at radius 2 is 1.62 bits per heavy atom. The van der Waals surface area contributed by atoms with E-state index in [1.807, 2.05) is 12.1 Å². The minimum absolute atomic E-state index is 0.248. The normalized spacial score (nSPS) is 31.2. The van der Waals surface area contributed by atoms with Crippen molar-refractivity contribution < 1.29 is 9.47 Å². The van der Waals surface area contributed by atoms with Gasteiger partial charge in [0.15, 0.2) is 0 Å². The molecule has 0 saturated carbocycles. The number of rotatable bonds is 2. The molecule has 0 spiro atoms. The van der Waals surface area contributed by atoms with Crippen LogP contribution in [0.4, 0.5) is 0 Å². The highest BCUT2D eigenvalue weighted by molar-refractivity contribution is 5.76. The molecule has 0 amide bonds. The maximum Gasteiger partial charge on any atom is 0.118 e. The molecule has 3 aliphatic rings. The highest BCUT2D eigenvalue weighted by Gasteiger charge is 2.56. The molecule has 2 bridgehead atoms. The van der Waals surface area contributed by atoms with Gasteiger partial charge in [-0.3, -0.25) is 0 Å². The minimum atomic E-state index is 0.248. The van der Waals surface area contributed by atoms with Crippen LogP contribution in [0.25, 0.3) is 5.57 Å². The highest BCUT2D eigenvalue weighted by atomic mass is 16.5. The van der Waals surface area contributed by atoms with E-state index in [1.165, 1.54) is 22.3 Å². The zero-order valence-electron chi connectivity index (χ0n) is 11.8. The lowest BCUT2D eigenvalue weighted by Gasteiger charge is -2.37. The number of benzene rings is 2. The van der Waals surface area contributed by atoms with Crippen molar-refractivity contribution in [2.75, 3.05) is 7.11 Å². The van der Waals surface area contributed by atoms with Crippen LogP contribution in [-0.4, -0.2) is 7.11 Å². The van der Waals surface area contributed by atoms with Crippen LogP contribution in [0.2, 0.25) is 0 Å². The van der Waals surface area contributed by atoms with Gasteiger partial charge in [-0.05, 0) is 34.4 Å². The number of fused-ring (bicyclic) bond motifs is 8. The second-order valence-corrected chi connectivity index (χ2v) is 6.06. The summed E-state index contributed by atoms with van der Waals surface area (Å²) in [4.78, 5) is 0. The molecule has 2 aliphatic heterocycles. The van der Waals surface area contributed by atoms with Crippen molar-refractivity contribution in [3.8, 4) is 5.75 Å². The second-order valence-electron chi connectivity index (χ2n) is 6.06. The Morgan fingerprint density at radius 3 is 2.33 bits per heavy atom. The molecule has 2 heteroatoms. The molecule has 5 rings (SSSR count). The van der Waals surface area contributed by atoms with Crippen molar-refractivity contribution in [1.29, 1.82) is 0 Å². The summed E-state index contributed by atoms with van der Waals surface area (Å²) in [6.07, 6.45) is 2.92. The number of methoxy groups -OCH3 is 1. The third kappa shape index (κ3) is 1.41. The molecule has 0 aromatic heterocycles. The van der Waals surface area contributed by atoms with Crippen molar-refractivity contribution in [3.63, 3.8) is 0 Å². The van der Waals surface area contributed by atoms with Crippen LogP contribution < -0.4 is 4.74 Å². The highest BCUT2D eigenvalue weighted by Crippen LogP contribution is 2.65. The first-order valence-electron chi connectivity index (χ1n) is 7.47. The van der Waals surface area contributed by atoms with Crippen molar-refractivity contribution in [1.82, 2.24) is 0 Å². The summed E-state index contributed by atoms with van der Waals surface area (Å²) in [5.74, 6) is 1.99. The number of ether oxygens (including phenoxy) is 2. The minimum Gasteiger partial charge on any atom is -0.497 e. The summed E-state index contributed by atoms with van der Waals surface area (Å²) >= 11 is 0. The fourth-order valence-corrected chi connectivity index (χ4v) is 4.13. The molecule has 1 saturated heterocycles. The SMILES string of the molecule is COc1ccc(C2=CC3C4OC(c5ccccc54)C23)cc1. The Balaban J connectivity index is 1.52. The van der Waals surface area contributed by atoms with Crippen LogP contribution in [0.3, 0.4) is 0 Å². The fraction of sp³-hybridized carbons (Fsp3) is 0.263. The molecule has 21 heavy (non-hydrogen) atoms. The Labute approximate surface area is 124 Å². The second kappa shape index (κ2) is 3.99. The molecular formula is C19H16O2. The molecule has 4 unspecified atom stereocenters. The predicted molar refractivity (Wildman–Crippen MR) is 81.0 cm³/mol. The summed E-state index contributed by atoms with van der Waals surface area (Å²) in [5.41, 5.74) is 5.52. The Hall–Kier alpha value is -2.06. The van der Waals surface area contributed by atoms with Crippen molar-refractivity contribution in [3.05, 3.63) is 71.3 Å². The van der Waals surface area contributed by atoms with E-state index in [2.05, 4.69) is 42.5 Å². The molecule has 104 valence electrons. The molecule has 2 aromatic rings. The van der Waals surface area contributed by atoms with Crippen LogP contribution in [0, 0.1) is 11.8 Å². The molecular weight excluding hydrogens is 260 g/mol. The van der Waals surface area contributed by atoms with E-state index in [9.17, 15) is 0 Å². The van der Waals surface area contributed by atoms with E-state index < -0.39 is 0 Å². The van der Waals surface area contributed by atoms with E-state index in [1.54, 1.807) is 7.11 Å². The summed E-state index contributed by atoms with van der Waals surface area (Å²) < 4.78 is 11.5. The average molecular weight is 276 g/mol. The number of hydrogen-bond acceptors (Lipinski definition) is 2. The van der Waals surface area contributed by atoms with Crippen LogP contribution in [-0.2, 0) is 4.74 Å². The van der Waals surface area contributed by atoms with Gasteiger partial charge in [0.05, 0.1) is 19.3 Å². The fourth-order valence-electron chi connectivity index (χ4n) is 4.13. The zero-order valence-corrected chi connectivity index (χ0v) is 11.8. The van der Waals surface area contributed by atoms with E-state index in [4.69, 9.17) is 9.47 Å². The van der Waals surface area contributed by atoms with Crippen molar-refractivity contribution >= 4 is 5.57 Å². The van der Waals surface area contributed by atoms with Crippen LogP contribution >= 0.6 is 0 Å². The third-order valence-electron chi connectivity index (χ3n) is 5.15. The van der Waals surface area contributed by atoms with Crippen LogP contribution in [0.15, 0.2) is 54.6 Å². The zero-order chi connectivity index (χ0) is 14.0. The van der Waals surface area contributed by atoms with E-state index in [-0.39, 0.29) is 12.2 Å². The van der Waals surface area contributed by atoms with Crippen molar-refractivity contribution in [2.24, 2.45) is 11.8 Å². The Morgan fingerprint density at radius 1 is 0.905 bits per heavy atom. The standard InChI is InChI=1S/C19H16O2/c1-20-12-8-6-11(7-9-12)15-10-16-17(15)19-14-5-3-2-4-13(14)18(16)21-19/h2-10,16-19H,1H3. The first kappa shape index (κ1) is 11.6. The van der Waals surface area contributed by atoms with Crippen molar-refractivity contribution in [2.45, 2.75) is 12.2 Å². The largest absolute Gasteiger partial charge is 0.497 e. The molecule has 0 N–H and O–H groups in total. The van der Waals surface area contributed by atoms with Gasteiger partial charge in [-0.25, -0.2) is 0 Å². The molecule has 2 aromatic carbocycles. The lowest BCUT2D eigenvalue weighted by atomic mass is 9.63. The molecule has 1 fully saturated rings. The van der Waals surface area contributed by atoms with Gasteiger partial charge in [-0.15, -0.1) is 0 Å². The molecule has 0 radical (unpaired) electrons. The van der Waals surface area contributed by atoms with E-state index in [0.717, 1.165) is 5.75 Å². The van der Waals surface area contributed by atoms with Gasteiger partial charge in [-0.2, -0.15) is 0 Å². The molecule has 1 aliphatic carbocycles. The lowest BCUT2D eigenvalue weighted by Crippen LogP contribution is -2.29. The van der Waals surface area contributed by atoms with Gasteiger partial charge >= 0.3 is 0 Å². The monoisotopic (exact) mass is 276 g/mol. The number of hydrogen-bond donors (Lipinski definition) is 0. The Kier molecular flexibility index (Phi) is 2.20. The average Bonchev–Trinajstić information content (AvgIpc) is 3.00. The Bertz CT molecular complexity index is 744. The maximum atomic E-state index is 6.25. The lowest BCUT2D eigenvalue weighted by molar-refractivity contribution is 0.0626. The van der Waals surface area contributed by atoms with E-state index in [0.29, 0.717) is 11.8 Å². The van der Waals surface area contributed by atoms with Gasteiger partial charge in [0.25, 0.3) is 0 Å². The molecule has 2 heterocycles. The van der Waals surface area contributed by atoms with Crippen LogP contribution in [0.5, 0.6) is 5.75 Å². The summed E-state index contributed by atoms with van der Waals surface area (Å²) in [5, 5.41) is 0.